The van der Waals surface area contributed by atoms with Crippen LogP contribution in [0, 0.1) is 0 Å². The highest BCUT2D eigenvalue weighted by Crippen LogP contribution is 2.03. The van der Waals surface area contributed by atoms with Gasteiger partial charge in [0.15, 0.2) is 0 Å². The number of rotatable bonds is 8. The quantitative estimate of drug-likeness (QED) is 0.401. The first-order valence-corrected chi connectivity index (χ1v) is 8.17. The van der Waals surface area contributed by atoms with Gasteiger partial charge in [0.25, 0.3) is 0 Å². The molecule has 17 heavy (non-hydrogen) atoms. The summed E-state index contributed by atoms with van der Waals surface area (Å²) in [6.07, 6.45) is 4.77. The van der Waals surface area contributed by atoms with E-state index in [0.29, 0.717) is 6.61 Å². The Morgan fingerprint density at radius 3 is 2.53 bits per heavy atom. The van der Waals surface area contributed by atoms with E-state index in [4.69, 9.17) is 4.74 Å². The largest absolute Gasteiger partial charge is 0.466 e. The van der Waals surface area contributed by atoms with Crippen LogP contribution in [0.4, 0.5) is 0 Å². The van der Waals surface area contributed by atoms with Crippen molar-refractivity contribution in [1.82, 2.24) is 0 Å². The van der Waals surface area contributed by atoms with E-state index in [-0.39, 0.29) is 15.5 Å². The van der Waals surface area contributed by atoms with Crippen molar-refractivity contribution in [3.05, 3.63) is 30.3 Å². The van der Waals surface area contributed by atoms with Crippen LogP contribution in [0.3, 0.4) is 0 Å². The fraction of sp³-hybridized carbons (Fsp3) is 0.500. The molecule has 1 rings (SSSR count). The number of hydrogen-bond acceptors (Lipinski definition) is 2. The van der Waals surface area contributed by atoms with Crippen molar-refractivity contribution in [2.24, 2.45) is 0 Å². The lowest BCUT2D eigenvalue weighted by Gasteiger charge is -2.02. The van der Waals surface area contributed by atoms with Crippen molar-refractivity contribution in [2.45, 2.75) is 38.7 Å². The molecule has 0 N–H and O–H groups in total. The molecule has 0 fully saturated rings. The van der Waals surface area contributed by atoms with Crippen LogP contribution in [0.25, 0.3) is 0 Å². The number of esters is 1. The third-order valence-electron chi connectivity index (χ3n) is 2.76. The molecule has 0 heterocycles. The molecule has 3 heteroatoms. The molecule has 0 aliphatic rings. The summed E-state index contributed by atoms with van der Waals surface area (Å²) in [6, 6.07) is 12.2. The van der Waals surface area contributed by atoms with Crippen molar-refractivity contribution in [3.63, 3.8) is 0 Å². The number of unbranched alkanes of at least 4 members (excludes halogenated alkanes) is 3. The van der Waals surface area contributed by atoms with Gasteiger partial charge in [0.1, 0.15) is 0 Å². The van der Waals surface area contributed by atoms with Gasteiger partial charge in [-0.05, 0) is 6.42 Å². The first kappa shape index (κ1) is 14.0. The summed E-state index contributed by atoms with van der Waals surface area (Å²) in [7, 11) is -0.0491. The Labute approximate surface area is 106 Å². The molecular formula is C14H22O2Si. The van der Waals surface area contributed by atoms with E-state index in [0.717, 1.165) is 6.42 Å². The van der Waals surface area contributed by atoms with Crippen molar-refractivity contribution in [2.75, 3.05) is 6.61 Å². The maximum atomic E-state index is 10.5. The Morgan fingerprint density at radius 1 is 1.12 bits per heavy atom. The average molecular weight is 250 g/mol. The molecule has 0 aliphatic heterocycles. The van der Waals surface area contributed by atoms with E-state index in [1.807, 2.05) is 0 Å². The lowest BCUT2D eigenvalue weighted by molar-refractivity contribution is -0.141. The summed E-state index contributed by atoms with van der Waals surface area (Å²) in [5, 5.41) is 1.56. The molecule has 0 saturated carbocycles. The van der Waals surface area contributed by atoms with Crippen LogP contribution in [0.5, 0.6) is 0 Å². The third kappa shape index (κ3) is 7.74. The van der Waals surface area contributed by atoms with Gasteiger partial charge in [-0.25, -0.2) is 0 Å². The molecule has 0 atom stereocenters. The molecule has 2 nitrogen and oxygen atoms in total. The Bertz CT molecular complexity index is 311. The summed E-state index contributed by atoms with van der Waals surface area (Å²) in [5.74, 6) is -0.165. The van der Waals surface area contributed by atoms with Gasteiger partial charge < -0.3 is 4.74 Å². The fourth-order valence-electron chi connectivity index (χ4n) is 1.82. The zero-order valence-corrected chi connectivity index (χ0v) is 12.1. The SMILES string of the molecule is CC(=O)OCCCCCC[SiH2]c1ccccc1. The smallest absolute Gasteiger partial charge is 0.302 e. The maximum absolute atomic E-state index is 10.5. The molecule has 1 aromatic carbocycles. The monoisotopic (exact) mass is 250 g/mol. The molecule has 1 aromatic rings. The number of ether oxygens (including phenoxy) is 1. The van der Waals surface area contributed by atoms with E-state index in [1.54, 1.807) is 5.19 Å². The van der Waals surface area contributed by atoms with Gasteiger partial charge in [-0.2, -0.15) is 0 Å². The molecule has 0 aromatic heterocycles. The molecular weight excluding hydrogens is 228 g/mol. The molecule has 0 radical (unpaired) electrons. The number of carbonyl (C=O) groups excluding carboxylic acids is 1. The van der Waals surface area contributed by atoms with Crippen molar-refractivity contribution in [1.29, 1.82) is 0 Å². The second kappa shape index (κ2) is 8.99. The molecule has 0 amide bonds. The predicted molar refractivity (Wildman–Crippen MR) is 74.5 cm³/mol. The molecule has 0 bridgehead atoms. The van der Waals surface area contributed by atoms with Crippen LogP contribution in [0.15, 0.2) is 30.3 Å². The van der Waals surface area contributed by atoms with Crippen LogP contribution >= 0.6 is 0 Å². The van der Waals surface area contributed by atoms with Crippen molar-refractivity contribution < 1.29 is 9.53 Å². The lowest BCUT2D eigenvalue weighted by Crippen LogP contribution is -2.12. The zero-order chi connectivity index (χ0) is 12.3. The summed E-state index contributed by atoms with van der Waals surface area (Å²) >= 11 is 0. The molecule has 0 aliphatic carbocycles. The predicted octanol–water partition coefficient (Wildman–Crippen LogP) is 2.02. The highest BCUT2D eigenvalue weighted by molar-refractivity contribution is 6.53. The summed E-state index contributed by atoms with van der Waals surface area (Å²) < 4.78 is 4.89. The Balaban J connectivity index is 1.90. The highest BCUT2D eigenvalue weighted by atomic mass is 28.2. The maximum Gasteiger partial charge on any atom is 0.302 e. The first-order valence-electron chi connectivity index (χ1n) is 6.46. The van der Waals surface area contributed by atoms with E-state index < -0.39 is 0 Å². The minimum Gasteiger partial charge on any atom is -0.466 e. The van der Waals surface area contributed by atoms with E-state index in [2.05, 4.69) is 30.3 Å². The van der Waals surface area contributed by atoms with Crippen LogP contribution in [0.1, 0.15) is 32.6 Å². The Morgan fingerprint density at radius 2 is 1.82 bits per heavy atom. The molecule has 0 unspecified atom stereocenters. The van der Waals surface area contributed by atoms with E-state index >= 15 is 0 Å². The number of hydrogen-bond donors (Lipinski definition) is 0. The van der Waals surface area contributed by atoms with Gasteiger partial charge in [0.2, 0.25) is 0 Å². The van der Waals surface area contributed by atoms with Gasteiger partial charge in [0, 0.05) is 6.92 Å². The highest BCUT2D eigenvalue weighted by Gasteiger charge is 1.95. The van der Waals surface area contributed by atoms with Gasteiger partial charge in [-0.3, -0.25) is 4.79 Å². The van der Waals surface area contributed by atoms with Gasteiger partial charge in [0.05, 0.1) is 16.1 Å². The molecule has 0 spiro atoms. The normalized spacial score (nSPS) is 10.9. The van der Waals surface area contributed by atoms with E-state index in [1.165, 1.54) is 32.2 Å². The Kier molecular flexibility index (Phi) is 7.39. The topological polar surface area (TPSA) is 26.3 Å². The van der Waals surface area contributed by atoms with Crippen molar-refractivity contribution >= 4 is 20.7 Å². The second-order valence-corrected chi connectivity index (χ2v) is 6.37. The molecule has 0 saturated heterocycles. The van der Waals surface area contributed by atoms with E-state index in [9.17, 15) is 4.79 Å². The Hall–Kier alpha value is -1.09. The minimum absolute atomic E-state index is 0.0491. The molecule has 94 valence electrons. The van der Waals surface area contributed by atoms with Gasteiger partial charge in [-0.1, -0.05) is 60.8 Å². The third-order valence-corrected chi connectivity index (χ3v) is 4.66. The minimum atomic E-state index is -0.165. The second-order valence-electron chi connectivity index (χ2n) is 4.34. The summed E-state index contributed by atoms with van der Waals surface area (Å²) in [5.41, 5.74) is 0. The number of benzene rings is 1. The van der Waals surface area contributed by atoms with Crippen LogP contribution in [-0.4, -0.2) is 22.1 Å². The average Bonchev–Trinajstić information content (AvgIpc) is 2.33. The first-order chi connectivity index (χ1) is 8.29. The summed E-state index contributed by atoms with van der Waals surface area (Å²) in [6.45, 7) is 2.05. The van der Waals surface area contributed by atoms with Crippen LogP contribution in [0.2, 0.25) is 6.04 Å². The zero-order valence-electron chi connectivity index (χ0n) is 10.7. The van der Waals surface area contributed by atoms with Crippen LogP contribution < -0.4 is 5.19 Å². The van der Waals surface area contributed by atoms with Gasteiger partial charge in [-0.15, -0.1) is 0 Å². The van der Waals surface area contributed by atoms with Crippen molar-refractivity contribution in [3.8, 4) is 0 Å². The fourth-order valence-corrected chi connectivity index (χ4v) is 3.44. The van der Waals surface area contributed by atoms with Crippen LogP contribution in [-0.2, 0) is 9.53 Å². The lowest BCUT2D eigenvalue weighted by atomic mass is 10.2. The summed E-state index contributed by atoms with van der Waals surface area (Å²) in [4.78, 5) is 10.5. The standard InChI is InChI=1S/C14H22O2Si/c1-13(15)16-11-7-2-3-8-12-17-14-9-5-4-6-10-14/h4-6,9-10H,2-3,7-8,11-12,17H2,1H3. The van der Waals surface area contributed by atoms with Gasteiger partial charge >= 0.3 is 5.97 Å². The number of carbonyl (C=O) groups is 1.